The molecule has 0 fully saturated rings. The first-order valence-corrected chi connectivity index (χ1v) is 10.9. The van der Waals surface area contributed by atoms with Gasteiger partial charge >= 0.3 is 0 Å². The highest BCUT2D eigenvalue weighted by Gasteiger charge is 2.15. The van der Waals surface area contributed by atoms with Crippen LogP contribution in [0.3, 0.4) is 0 Å². The maximum Gasteiger partial charge on any atom is 0.234 e. The fraction of sp³-hybridized carbons (Fsp3) is 0.455. The van der Waals surface area contributed by atoms with E-state index in [0.29, 0.717) is 0 Å². The molecule has 0 atom stereocenters. The van der Waals surface area contributed by atoms with Gasteiger partial charge in [0.2, 0.25) is 5.78 Å². The van der Waals surface area contributed by atoms with Gasteiger partial charge in [-0.2, -0.15) is 0 Å². The third-order valence-electron chi connectivity index (χ3n) is 4.86. The van der Waals surface area contributed by atoms with Crippen LogP contribution in [0.25, 0.3) is 11.4 Å². The van der Waals surface area contributed by atoms with E-state index in [1.54, 1.807) is 18.6 Å². The molecule has 0 radical (unpaired) electrons. The predicted molar refractivity (Wildman–Crippen MR) is 119 cm³/mol. The van der Waals surface area contributed by atoms with Crippen molar-refractivity contribution >= 4 is 11.4 Å². The second kappa shape index (κ2) is 10.8. The number of imidazole rings is 2. The van der Waals surface area contributed by atoms with Crippen LogP contribution in [-0.2, 0) is 25.9 Å². The molecule has 0 spiro atoms. The molecule has 0 saturated heterocycles. The predicted octanol–water partition coefficient (Wildman–Crippen LogP) is 2.80. The summed E-state index contributed by atoms with van der Waals surface area (Å²) in [5, 5.41) is 6.67. The molecule has 0 aromatic carbocycles. The molecule has 8 nitrogen and oxygen atoms in total. The Morgan fingerprint density at radius 1 is 0.800 bits per heavy atom. The van der Waals surface area contributed by atoms with E-state index in [9.17, 15) is 0 Å². The average Bonchev–Trinajstić information content (AvgIpc) is 3.40. The molecule has 8 heteroatoms. The number of hydrogen-bond donors (Lipinski definition) is 2. The van der Waals surface area contributed by atoms with Crippen LogP contribution in [0.2, 0.25) is 0 Å². The zero-order chi connectivity index (χ0) is 21.3. The molecule has 4 aromatic heterocycles. The minimum atomic E-state index is 0.816. The highest BCUT2D eigenvalue weighted by atomic mass is 15.1. The summed E-state index contributed by atoms with van der Waals surface area (Å²) >= 11 is 0. The standard InChI is InChI=1S/2C9H10N4.2C2H6/c1-3-11-9-12-7-2-4-10-6-8(7)13(9)5-1;1-2-10-5-8-7(1)12-9-6-11-3-4-13(8)9;2*1-2/h1,3,5,10H,2,4,6H2;3-4,6,10H,1-2,5H2;2*1-2H3. The molecule has 0 unspecified atom stereocenters. The summed E-state index contributed by atoms with van der Waals surface area (Å²) in [4.78, 5) is 17.2. The summed E-state index contributed by atoms with van der Waals surface area (Å²) in [6, 6.07) is 1.93. The Hall–Kier alpha value is -2.84. The van der Waals surface area contributed by atoms with E-state index in [1.165, 1.54) is 22.8 Å². The molecular formula is C22H32N8. The van der Waals surface area contributed by atoms with Gasteiger partial charge in [-0.1, -0.05) is 27.7 Å². The first kappa shape index (κ1) is 21.9. The van der Waals surface area contributed by atoms with Gasteiger partial charge in [-0.15, -0.1) is 0 Å². The van der Waals surface area contributed by atoms with Crippen LogP contribution in [0, 0.1) is 0 Å². The van der Waals surface area contributed by atoms with E-state index in [2.05, 4.69) is 39.4 Å². The van der Waals surface area contributed by atoms with Gasteiger partial charge in [0.25, 0.3) is 0 Å². The average molecular weight is 409 g/mol. The van der Waals surface area contributed by atoms with Crippen molar-refractivity contribution in [2.24, 2.45) is 0 Å². The van der Waals surface area contributed by atoms with E-state index in [1.807, 2.05) is 46.2 Å². The molecular weight excluding hydrogens is 376 g/mol. The first-order valence-electron chi connectivity index (χ1n) is 10.9. The van der Waals surface area contributed by atoms with E-state index >= 15 is 0 Å². The summed E-state index contributed by atoms with van der Waals surface area (Å²) in [7, 11) is 0. The highest BCUT2D eigenvalue weighted by molar-refractivity contribution is 5.41. The molecule has 4 aromatic rings. The monoisotopic (exact) mass is 408 g/mol. The normalized spacial score (nSPS) is 14.3. The smallest absolute Gasteiger partial charge is 0.234 e. The van der Waals surface area contributed by atoms with Crippen LogP contribution in [0.15, 0.2) is 37.1 Å². The number of fused-ring (bicyclic) bond motifs is 6. The second-order valence-corrected chi connectivity index (χ2v) is 6.46. The first-order chi connectivity index (χ1) is 14.9. The zero-order valence-corrected chi connectivity index (χ0v) is 18.4. The third-order valence-corrected chi connectivity index (χ3v) is 4.86. The molecule has 0 amide bonds. The van der Waals surface area contributed by atoms with Gasteiger partial charge in [-0.3, -0.25) is 13.8 Å². The molecule has 0 saturated carbocycles. The lowest BCUT2D eigenvalue weighted by Crippen LogP contribution is -2.24. The lowest BCUT2D eigenvalue weighted by atomic mass is 10.2. The number of nitrogens with one attached hydrogen (secondary N) is 2. The summed E-state index contributed by atoms with van der Waals surface area (Å²) in [6.07, 6.45) is 11.4. The van der Waals surface area contributed by atoms with Crippen LogP contribution in [0.4, 0.5) is 0 Å². The number of aromatic nitrogens is 6. The Labute approximate surface area is 177 Å². The summed E-state index contributed by atoms with van der Waals surface area (Å²) in [5.41, 5.74) is 5.90. The lowest BCUT2D eigenvalue weighted by Gasteiger charge is -2.11. The lowest BCUT2D eigenvalue weighted by molar-refractivity contribution is 0.621. The quantitative estimate of drug-likeness (QED) is 0.465. The Balaban J connectivity index is 0.000000147. The molecule has 6 heterocycles. The maximum atomic E-state index is 4.51. The van der Waals surface area contributed by atoms with Crippen LogP contribution >= 0.6 is 0 Å². The van der Waals surface area contributed by atoms with Crippen molar-refractivity contribution in [1.29, 1.82) is 0 Å². The van der Waals surface area contributed by atoms with Gasteiger partial charge in [0, 0.05) is 63.8 Å². The van der Waals surface area contributed by atoms with E-state index in [0.717, 1.165) is 50.4 Å². The largest absolute Gasteiger partial charge is 0.311 e. The molecule has 6 rings (SSSR count). The van der Waals surface area contributed by atoms with E-state index in [-0.39, 0.29) is 0 Å². The molecule has 30 heavy (non-hydrogen) atoms. The van der Waals surface area contributed by atoms with Crippen molar-refractivity contribution in [2.45, 2.75) is 53.6 Å². The van der Waals surface area contributed by atoms with Gasteiger partial charge in [0.1, 0.15) is 0 Å². The Morgan fingerprint density at radius 2 is 1.47 bits per heavy atom. The number of nitrogens with zero attached hydrogens (tertiary/aromatic N) is 6. The van der Waals surface area contributed by atoms with Gasteiger partial charge in [0.05, 0.1) is 29.0 Å². The Kier molecular flexibility index (Phi) is 7.87. The van der Waals surface area contributed by atoms with Crippen molar-refractivity contribution in [2.75, 3.05) is 13.1 Å². The Bertz CT molecular complexity index is 980. The van der Waals surface area contributed by atoms with Crippen molar-refractivity contribution in [3.63, 3.8) is 0 Å². The number of rotatable bonds is 0. The van der Waals surface area contributed by atoms with Gasteiger partial charge in [-0.05, 0) is 6.07 Å². The molecule has 2 aliphatic heterocycles. The van der Waals surface area contributed by atoms with Gasteiger partial charge in [0.15, 0.2) is 5.65 Å². The SMILES string of the molecule is CC.CC.c1cn2c3c(nc2cn1)CCNC3.c1cnc2nc3c(n2c1)CNCC3. The summed E-state index contributed by atoms with van der Waals surface area (Å²) in [6.45, 7) is 11.9. The van der Waals surface area contributed by atoms with Crippen molar-refractivity contribution in [1.82, 2.24) is 39.4 Å². The summed E-state index contributed by atoms with van der Waals surface area (Å²) in [5.74, 6) is 0.816. The highest BCUT2D eigenvalue weighted by Crippen LogP contribution is 2.15. The van der Waals surface area contributed by atoms with Crippen LogP contribution in [-0.4, -0.2) is 41.8 Å². The minimum Gasteiger partial charge on any atom is -0.311 e. The van der Waals surface area contributed by atoms with Gasteiger partial charge < -0.3 is 10.6 Å². The zero-order valence-electron chi connectivity index (χ0n) is 18.4. The minimum absolute atomic E-state index is 0.816. The van der Waals surface area contributed by atoms with Crippen LogP contribution in [0.1, 0.15) is 50.5 Å². The Morgan fingerprint density at radius 3 is 2.20 bits per heavy atom. The fourth-order valence-corrected chi connectivity index (χ4v) is 3.59. The molecule has 0 aliphatic carbocycles. The fourth-order valence-electron chi connectivity index (χ4n) is 3.59. The molecule has 2 N–H and O–H groups in total. The summed E-state index contributed by atoms with van der Waals surface area (Å²) < 4.78 is 4.16. The molecule has 2 aliphatic rings. The van der Waals surface area contributed by atoms with E-state index < -0.39 is 0 Å². The van der Waals surface area contributed by atoms with Crippen molar-refractivity contribution < 1.29 is 0 Å². The van der Waals surface area contributed by atoms with Crippen molar-refractivity contribution in [3.8, 4) is 0 Å². The topological polar surface area (TPSA) is 84.4 Å². The van der Waals surface area contributed by atoms with Gasteiger partial charge in [-0.25, -0.2) is 15.0 Å². The van der Waals surface area contributed by atoms with Crippen molar-refractivity contribution in [3.05, 3.63) is 59.8 Å². The maximum absolute atomic E-state index is 4.51. The number of hydrogen-bond acceptors (Lipinski definition) is 6. The van der Waals surface area contributed by atoms with Crippen LogP contribution in [0.5, 0.6) is 0 Å². The van der Waals surface area contributed by atoms with Crippen LogP contribution < -0.4 is 10.6 Å². The van der Waals surface area contributed by atoms with E-state index in [4.69, 9.17) is 0 Å². The molecule has 160 valence electrons. The molecule has 0 bridgehead atoms. The third kappa shape index (κ3) is 4.49. The second-order valence-electron chi connectivity index (χ2n) is 6.46.